The van der Waals surface area contributed by atoms with Crippen LogP contribution in [0, 0.1) is 0 Å². The molecule has 0 radical (unpaired) electrons. The van der Waals surface area contributed by atoms with Gasteiger partial charge in [-0.1, -0.05) is 20.3 Å². The zero-order valence-electron chi connectivity index (χ0n) is 9.13. The Bertz CT molecular complexity index is 128. The minimum absolute atomic E-state index is 0.772. The second kappa shape index (κ2) is 5.61. The zero-order chi connectivity index (χ0) is 9.68. The third-order valence-electron chi connectivity index (χ3n) is 3.34. The summed E-state index contributed by atoms with van der Waals surface area (Å²) in [4.78, 5) is 2.64. The quantitative estimate of drug-likeness (QED) is 0.684. The summed E-state index contributed by atoms with van der Waals surface area (Å²) in [5.74, 6) is 0. The second-order valence-electron chi connectivity index (χ2n) is 4.08. The van der Waals surface area contributed by atoms with Crippen molar-refractivity contribution in [1.29, 1.82) is 0 Å². The lowest BCUT2D eigenvalue weighted by Gasteiger charge is -2.42. The molecule has 0 aromatic heterocycles. The van der Waals surface area contributed by atoms with Crippen LogP contribution in [0.4, 0.5) is 0 Å². The first-order valence-corrected chi connectivity index (χ1v) is 5.79. The van der Waals surface area contributed by atoms with Gasteiger partial charge in [-0.05, 0) is 25.7 Å². The summed E-state index contributed by atoms with van der Waals surface area (Å²) in [5.41, 5.74) is 5.65. The van der Waals surface area contributed by atoms with Crippen LogP contribution in [-0.2, 0) is 0 Å². The van der Waals surface area contributed by atoms with E-state index < -0.39 is 0 Å². The van der Waals surface area contributed by atoms with E-state index >= 15 is 0 Å². The Balaban J connectivity index is 2.43. The van der Waals surface area contributed by atoms with Gasteiger partial charge in [-0.25, -0.2) is 0 Å². The van der Waals surface area contributed by atoms with Gasteiger partial charge in [0.2, 0.25) is 0 Å². The van der Waals surface area contributed by atoms with Gasteiger partial charge in [-0.3, -0.25) is 4.90 Å². The fraction of sp³-hybridized carbons (Fsp3) is 1.00. The van der Waals surface area contributed by atoms with E-state index in [9.17, 15) is 0 Å². The van der Waals surface area contributed by atoms with E-state index in [-0.39, 0.29) is 0 Å². The third kappa shape index (κ3) is 2.68. The van der Waals surface area contributed by atoms with Gasteiger partial charge in [-0.15, -0.1) is 0 Å². The van der Waals surface area contributed by atoms with Crippen LogP contribution < -0.4 is 5.73 Å². The van der Waals surface area contributed by atoms with Gasteiger partial charge in [0.25, 0.3) is 0 Å². The first-order valence-electron chi connectivity index (χ1n) is 5.79. The van der Waals surface area contributed by atoms with Crippen molar-refractivity contribution in [2.45, 2.75) is 58.0 Å². The summed E-state index contributed by atoms with van der Waals surface area (Å²) < 4.78 is 0. The average Bonchev–Trinajstić information content (AvgIpc) is 2.04. The van der Waals surface area contributed by atoms with Crippen molar-refractivity contribution in [2.75, 3.05) is 13.1 Å². The third-order valence-corrected chi connectivity index (χ3v) is 3.34. The molecule has 2 heteroatoms. The largest absolute Gasteiger partial charge is 0.329 e. The SMILES string of the molecule is CCC(CC)N(CCN)C1CCC1. The van der Waals surface area contributed by atoms with E-state index in [0.29, 0.717) is 0 Å². The molecule has 1 fully saturated rings. The molecule has 1 saturated carbocycles. The molecule has 2 N–H and O–H groups in total. The fourth-order valence-electron chi connectivity index (χ4n) is 2.29. The molecule has 0 aromatic carbocycles. The Hall–Kier alpha value is -0.0800. The molecule has 0 saturated heterocycles. The lowest BCUT2D eigenvalue weighted by Crippen LogP contribution is -2.48. The van der Waals surface area contributed by atoms with Crippen LogP contribution in [0.15, 0.2) is 0 Å². The smallest absolute Gasteiger partial charge is 0.0110 e. The Morgan fingerprint density at radius 2 is 1.92 bits per heavy atom. The highest BCUT2D eigenvalue weighted by Gasteiger charge is 2.27. The molecule has 0 bridgehead atoms. The molecule has 1 aliphatic rings. The van der Waals surface area contributed by atoms with E-state index in [1.54, 1.807) is 0 Å². The monoisotopic (exact) mass is 184 g/mol. The first kappa shape index (κ1) is 11.0. The van der Waals surface area contributed by atoms with Gasteiger partial charge >= 0.3 is 0 Å². The highest BCUT2D eigenvalue weighted by Crippen LogP contribution is 2.27. The van der Waals surface area contributed by atoms with Crippen LogP contribution in [0.25, 0.3) is 0 Å². The molecule has 0 atom stereocenters. The van der Waals surface area contributed by atoms with Crippen LogP contribution in [0.2, 0.25) is 0 Å². The molecule has 0 aliphatic heterocycles. The molecule has 2 nitrogen and oxygen atoms in total. The van der Waals surface area contributed by atoms with Crippen molar-refractivity contribution in [1.82, 2.24) is 4.90 Å². The predicted molar refractivity (Wildman–Crippen MR) is 57.8 cm³/mol. The molecule has 0 aromatic rings. The van der Waals surface area contributed by atoms with Gasteiger partial charge in [0.1, 0.15) is 0 Å². The standard InChI is InChI=1S/C11H24N2/c1-3-10(4-2)13(9-8-12)11-6-5-7-11/h10-11H,3-9,12H2,1-2H3. The maximum absolute atomic E-state index is 5.65. The second-order valence-corrected chi connectivity index (χ2v) is 4.08. The van der Waals surface area contributed by atoms with E-state index in [1.807, 2.05) is 0 Å². The van der Waals surface area contributed by atoms with Crippen molar-refractivity contribution in [3.8, 4) is 0 Å². The lowest BCUT2D eigenvalue weighted by atomic mass is 9.89. The van der Waals surface area contributed by atoms with Gasteiger partial charge in [0.15, 0.2) is 0 Å². The average molecular weight is 184 g/mol. The summed E-state index contributed by atoms with van der Waals surface area (Å²) in [6, 6.07) is 1.63. The van der Waals surface area contributed by atoms with Crippen LogP contribution >= 0.6 is 0 Å². The molecule has 0 amide bonds. The van der Waals surface area contributed by atoms with Gasteiger partial charge in [0, 0.05) is 25.2 Å². The van der Waals surface area contributed by atoms with E-state index in [4.69, 9.17) is 5.73 Å². The molecular formula is C11H24N2. The highest BCUT2D eigenvalue weighted by molar-refractivity contribution is 4.84. The van der Waals surface area contributed by atoms with Crippen LogP contribution in [0.3, 0.4) is 0 Å². The molecule has 0 unspecified atom stereocenters. The number of hydrogen-bond acceptors (Lipinski definition) is 2. The maximum Gasteiger partial charge on any atom is 0.0110 e. The molecule has 1 rings (SSSR count). The van der Waals surface area contributed by atoms with E-state index in [2.05, 4.69) is 18.7 Å². The molecule has 1 aliphatic carbocycles. The fourth-order valence-corrected chi connectivity index (χ4v) is 2.29. The molecular weight excluding hydrogens is 160 g/mol. The number of hydrogen-bond donors (Lipinski definition) is 1. The van der Waals surface area contributed by atoms with E-state index in [0.717, 1.165) is 25.2 Å². The van der Waals surface area contributed by atoms with Crippen molar-refractivity contribution < 1.29 is 0 Å². The van der Waals surface area contributed by atoms with Crippen LogP contribution in [0.5, 0.6) is 0 Å². The minimum atomic E-state index is 0.772. The predicted octanol–water partition coefficient (Wildman–Crippen LogP) is 1.99. The molecule has 0 heterocycles. The summed E-state index contributed by atoms with van der Waals surface area (Å²) in [6.45, 7) is 6.48. The van der Waals surface area contributed by atoms with Crippen molar-refractivity contribution >= 4 is 0 Å². The zero-order valence-corrected chi connectivity index (χ0v) is 9.13. The lowest BCUT2D eigenvalue weighted by molar-refractivity contribution is 0.0779. The summed E-state index contributed by atoms with van der Waals surface area (Å²) in [6.07, 6.45) is 6.76. The molecule has 78 valence electrons. The van der Waals surface area contributed by atoms with Crippen LogP contribution in [0.1, 0.15) is 46.0 Å². The Morgan fingerprint density at radius 1 is 1.31 bits per heavy atom. The normalized spacial score (nSPS) is 18.2. The summed E-state index contributed by atoms with van der Waals surface area (Å²) in [7, 11) is 0. The van der Waals surface area contributed by atoms with Crippen molar-refractivity contribution in [3.05, 3.63) is 0 Å². The summed E-state index contributed by atoms with van der Waals surface area (Å²) in [5, 5.41) is 0. The number of nitrogens with zero attached hydrogens (tertiary/aromatic N) is 1. The van der Waals surface area contributed by atoms with Gasteiger partial charge < -0.3 is 5.73 Å². The van der Waals surface area contributed by atoms with Crippen LogP contribution in [-0.4, -0.2) is 30.1 Å². The first-order chi connectivity index (χ1) is 6.33. The number of nitrogens with two attached hydrogens (primary N) is 1. The van der Waals surface area contributed by atoms with Gasteiger partial charge in [-0.2, -0.15) is 0 Å². The van der Waals surface area contributed by atoms with E-state index in [1.165, 1.54) is 32.1 Å². The Morgan fingerprint density at radius 3 is 2.23 bits per heavy atom. The minimum Gasteiger partial charge on any atom is -0.329 e. The molecule has 13 heavy (non-hydrogen) atoms. The highest BCUT2D eigenvalue weighted by atomic mass is 15.2. The summed E-state index contributed by atoms with van der Waals surface area (Å²) >= 11 is 0. The Kier molecular flexibility index (Phi) is 4.74. The van der Waals surface area contributed by atoms with Gasteiger partial charge in [0.05, 0.1) is 0 Å². The number of rotatable bonds is 6. The topological polar surface area (TPSA) is 29.3 Å². The maximum atomic E-state index is 5.65. The Labute approximate surface area is 82.5 Å². The van der Waals surface area contributed by atoms with Crippen molar-refractivity contribution in [3.63, 3.8) is 0 Å². The van der Waals surface area contributed by atoms with Crippen molar-refractivity contribution in [2.24, 2.45) is 5.73 Å². The molecule has 0 spiro atoms.